The van der Waals surface area contributed by atoms with Gasteiger partial charge in [-0.15, -0.1) is 0 Å². The van der Waals surface area contributed by atoms with E-state index < -0.39 is 29.2 Å². The van der Waals surface area contributed by atoms with Gasteiger partial charge < -0.3 is 10.0 Å². The Labute approximate surface area is 170 Å². The fourth-order valence-electron chi connectivity index (χ4n) is 3.71. The maximum atomic E-state index is 14.7. The Hall–Kier alpha value is -3.40. The Morgan fingerprint density at radius 3 is 2.60 bits per heavy atom. The summed E-state index contributed by atoms with van der Waals surface area (Å²) in [4.78, 5) is 19.2. The van der Waals surface area contributed by atoms with Crippen LogP contribution in [0.4, 0.5) is 18.9 Å². The van der Waals surface area contributed by atoms with Gasteiger partial charge in [0.05, 0.1) is 16.8 Å². The first-order valence-electron chi connectivity index (χ1n) is 9.18. The Balaban J connectivity index is 1.79. The minimum atomic E-state index is -2.29. The number of fused-ring (bicyclic) bond motifs is 1. The molecule has 0 fully saturated rings. The number of halogens is 3. The predicted molar refractivity (Wildman–Crippen MR) is 101 cm³/mol. The number of carbonyl (C=O) groups excluding carboxylic acids is 1. The third-order valence-corrected chi connectivity index (χ3v) is 5.18. The largest absolute Gasteiger partial charge is 0.350 e. The molecule has 10 heteroatoms. The number of aliphatic hydroxyl groups is 1. The molecule has 0 bridgehead atoms. The summed E-state index contributed by atoms with van der Waals surface area (Å²) in [7, 11) is 1.41. The summed E-state index contributed by atoms with van der Waals surface area (Å²) in [5.41, 5.74) is -0.456. The Kier molecular flexibility index (Phi) is 4.94. The molecule has 30 heavy (non-hydrogen) atoms. The summed E-state index contributed by atoms with van der Waals surface area (Å²) in [6.07, 6.45) is 3.17. The van der Waals surface area contributed by atoms with Crippen molar-refractivity contribution in [3.8, 4) is 0 Å². The van der Waals surface area contributed by atoms with Crippen molar-refractivity contribution in [2.45, 2.75) is 18.8 Å². The molecule has 0 aliphatic carbocycles. The molecule has 156 valence electrons. The lowest BCUT2D eigenvalue weighted by molar-refractivity contribution is -0.0995. The Bertz CT molecular complexity index is 1090. The highest BCUT2D eigenvalue weighted by molar-refractivity contribution is 6.02. The van der Waals surface area contributed by atoms with Gasteiger partial charge in [-0.1, -0.05) is 6.07 Å². The molecule has 1 aromatic heterocycles. The monoisotopic (exact) mass is 417 g/mol. The molecule has 0 saturated carbocycles. The molecular formula is C20H18F3N5O2. The molecule has 0 saturated heterocycles. The van der Waals surface area contributed by atoms with Crippen LogP contribution in [0.15, 0.2) is 49.1 Å². The van der Waals surface area contributed by atoms with E-state index in [1.165, 1.54) is 41.4 Å². The number of carbonyl (C=O) groups is 1. The summed E-state index contributed by atoms with van der Waals surface area (Å²) in [6, 6.07) is 6.67. The Morgan fingerprint density at radius 2 is 1.90 bits per heavy atom. The normalized spacial score (nSPS) is 18.6. The molecule has 1 aliphatic heterocycles. The number of rotatable bonds is 5. The number of aromatic nitrogens is 3. The van der Waals surface area contributed by atoms with Gasteiger partial charge in [-0.05, 0) is 30.7 Å². The lowest BCUT2D eigenvalue weighted by Gasteiger charge is -2.50. The van der Waals surface area contributed by atoms with E-state index in [2.05, 4.69) is 10.1 Å². The molecule has 1 N–H and O–H groups in total. The van der Waals surface area contributed by atoms with Crippen molar-refractivity contribution in [1.29, 1.82) is 0 Å². The molecular weight excluding hydrogens is 399 g/mol. The van der Waals surface area contributed by atoms with Gasteiger partial charge in [0.1, 0.15) is 30.1 Å². The molecule has 0 spiro atoms. The smallest absolute Gasteiger partial charge is 0.262 e. The van der Waals surface area contributed by atoms with Gasteiger partial charge in [-0.3, -0.25) is 14.4 Å². The molecule has 2 heterocycles. The van der Waals surface area contributed by atoms with E-state index >= 15 is 0 Å². The van der Waals surface area contributed by atoms with Crippen LogP contribution in [-0.2, 0) is 12.4 Å². The second-order valence-electron chi connectivity index (χ2n) is 6.92. The summed E-state index contributed by atoms with van der Waals surface area (Å²) in [6.45, 7) is 0.309. The highest BCUT2D eigenvalue weighted by Crippen LogP contribution is 2.42. The van der Waals surface area contributed by atoms with Crippen molar-refractivity contribution in [3.05, 3.63) is 77.6 Å². The van der Waals surface area contributed by atoms with E-state index in [-0.39, 0.29) is 23.4 Å². The molecule has 4 rings (SSSR count). The van der Waals surface area contributed by atoms with Crippen LogP contribution in [0.1, 0.15) is 22.3 Å². The van der Waals surface area contributed by atoms with Crippen molar-refractivity contribution in [2.75, 3.05) is 18.5 Å². The third kappa shape index (κ3) is 3.09. The summed E-state index contributed by atoms with van der Waals surface area (Å²) >= 11 is 0. The van der Waals surface area contributed by atoms with Crippen LogP contribution >= 0.6 is 0 Å². The standard InChI is InChI=1S/C20H18F3N5O2/c1-26-17-5-2-4-15(22)18(17)19(29)28(9-3-8-27-12-24-11-25-27)20(26,30)14-7-6-13(21)10-16(14)23/h2,4-7,10-12,30H,3,8-9H2,1H3. The van der Waals surface area contributed by atoms with Crippen LogP contribution in [0.2, 0.25) is 0 Å². The minimum absolute atomic E-state index is 0.0515. The van der Waals surface area contributed by atoms with Crippen LogP contribution < -0.4 is 4.90 Å². The van der Waals surface area contributed by atoms with E-state index in [1.54, 1.807) is 0 Å². The summed E-state index contributed by atoms with van der Waals surface area (Å²) in [5, 5.41) is 15.6. The third-order valence-electron chi connectivity index (χ3n) is 5.18. The number of hydrogen-bond acceptors (Lipinski definition) is 5. The molecule has 7 nitrogen and oxygen atoms in total. The average molecular weight is 417 g/mol. The van der Waals surface area contributed by atoms with E-state index in [0.717, 1.165) is 23.1 Å². The number of anilines is 1. The quantitative estimate of drug-likeness (QED) is 0.691. The van der Waals surface area contributed by atoms with Crippen molar-refractivity contribution in [2.24, 2.45) is 0 Å². The highest BCUT2D eigenvalue weighted by atomic mass is 19.1. The second kappa shape index (κ2) is 7.45. The molecule has 1 atom stereocenters. The molecule has 2 aromatic carbocycles. The first-order valence-corrected chi connectivity index (χ1v) is 9.18. The molecule has 3 aromatic rings. The van der Waals surface area contributed by atoms with Crippen LogP contribution in [0.25, 0.3) is 0 Å². The molecule has 1 amide bonds. The van der Waals surface area contributed by atoms with Gasteiger partial charge in [0.2, 0.25) is 0 Å². The van der Waals surface area contributed by atoms with E-state index in [4.69, 9.17) is 0 Å². The van der Waals surface area contributed by atoms with E-state index in [0.29, 0.717) is 19.0 Å². The van der Waals surface area contributed by atoms with Crippen LogP contribution in [-0.4, -0.2) is 44.3 Å². The van der Waals surface area contributed by atoms with Gasteiger partial charge in [0, 0.05) is 26.2 Å². The highest BCUT2D eigenvalue weighted by Gasteiger charge is 2.50. The van der Waals surface area contributed by atoms with Crippen molar-refractivity contribution < 1.29 is 23.1 Å². The second-order valence-corrected chi connectivity index (χ2v) is 6.92. The first-order chi connectivity index (χ1) is 14.3. The zero-order chi connectivity index (χ0) is 21.5. The SMILES string of the molecule is CN1c2cccc(F)c2C(=O)N(CCCn2cncn2)C1(O)c1ccc(F)cc1F. The maximum Gasteiger partial charge on any atom is 0.262 e. The molecule has 1 unspecified atom stereocenters. The predicted octanol–water partition coefficient (Wildman–Crippen LogP) is 2.48. The number of aryl methyl sites for hydroxylation is 1. The summed E-state index contributed by atoms with van der Waals surface area (Å²) < 4.78 is 44.2. The minimum Gasteiger partial charge on any atom is -0.350 e. The van der Waals surface area contributed by atoms with Gasteiger partial charge in [0.25, 0.3) is 11.8 Å². The average Bonchev–Trinajstić information content (AvgIpc) is 3.22. The van der Waals surface area contributed by atoms with Crippen LogP contribution in [0.3, 0.4) is 0 Å². The van der Waals surface area contributed by atoms with Gasteiger partial charge in [-0.25, -0.2) is 18.2 Å². The number of nitrogens with zero attached hydrogens (tertiary/aromatic N) is 5. The number of amides is 1. The molecule has 1 aliphatic rings. The maximum absolute atomic E-state index is 14.7. The van der Waals surface area contributed by atoms with Gasteiger partial charge >= 0.3 is 0 Å². The fraction of sp³-hybridized carbons (Fsp3) is 0.250. The van der Waals surface area contributed by atoms with Gasteiger partial charge in [-0.2, -0.15) is 5.10 Å². The molecule has 0 radical (unpaired) electrons. The van der Waals surface area contributed by atoms with E-state index in [9.17, 15) is 23.1 Å². The summed E-state index contributed by atoms with van der Waals surface area (Å²) in [5.74, 6) is -5.71. The number of benzene rings is 2. The Morgan fingerprint density at radius 1 is 1.10 bits per heavy atom. The van der Waals surface area contributed by atoms with Gasteiger partial charge in [0.15, 0.2) is 0 Å². The fourth-order valence-corrected chi connectivity index (χ4v) is 3.71. The van der Waals surface area contributed by atoms with Crippen molar-refractivity contribution in [3.63, 3.8) is 0 Å². The van der Waals surface area contributed by atoms with Crippen molar-refractivity contribution in [1.82, 2.24) is 19.7 Å². The van der Waals surface area contributed by atoms with Crippen molar-refractivity contribution >= 4 is 11.6 Å². The lowest BCUT2D eigenvalue weighted by Crippen LogP contribution is -2.63. The zero-order valence-electron chi connectivity index (χ0n) is 16.0. The van der Waals surface area contributed by atoms with Crippen LogP contribution in [0.5, 0.6) is 0 Å². The first kappa shape index (κ1) is 19.9. The topological polar surface area (TPSA) is 74.5 Å². The van der Waals surface area contributed by atoms with Crippen LogP contribution in [0, 0.1) is 17.5 Å². The zero-order valence-corrected chi connectivity index (χ0v) is 16.0. The van der Waals surface area contributed by atoms with E-state index in [1.807, 2.05) is 0 Å². The lowest BCUT2D eigenvalue weighted by atomic mass is 9.97. The number of hydrogen-bond donors (Lipinski definition) is 1.